The molecule has 56 valence electrons. The first-order valence-corrected chi connectivity index (χ1v) is 1.76. The van der Waals surface area contributed by atoms with Crippen molar-refractivity contribution in [3.63, 3.8) is 0 Å². The zero-order valence-electron chi connectivity index (χ0n) is 4.61. The van der Waals surface area contributed by atoms with Gasteiger partial charge in [0, 0.05) is 0 Å². The molecule has 0 spiro atoms. The van der Waals surface area contributed by atoms with E-state index in [1.54, 1.807) is 0 Å². The molecule has 0 bridgehead atoms. The Balaban J connectivity index is -0.00000000500. The molecule has 0 saturated heterocycles. The summed E-state index contributed by atoms with van der Waals surface area (Å²) in [5.41, 5.74) is 0. The second-order valence-corrected chi connectivity index (χ2v) is 0. The standard InChI is InChI=1S/2CH3.2H2O2.O.W/c;;2*1-2;;/h2*1H3;2*1-2H;;/q2*-1;;;;. The van der Waals surface area contributed by atoms with Gasteiger partial charge in [-0.1, -0.05) is 0 Å². The molecule has 0 rings (SSSR count). The molecule has 0 aromatic heterocycles. The first-order chi connectivity index (χ1) is 3.00. The molecule has 0 aromatic rings. The molecule has 0 saturated carbocycles. The van der Waals surface area contributed by atoms with E-state index in [2.05, 4.69) is 0 Å². The molecule has 0 amide bonds. The average Bonchev–Trinajstić information content (AvgIpc) is 1.81. The summed E-state index contributed by atoms with van der Waals surface area (Å²) in [7, 11) is 0. The van der Waals surface area contributed by atoms with E-state index in [9.17, 15) is 0 Å². The molecule has 0 atom stereocenters. The van der Waals surface area contributed by atoms with Crippen molar-refractivity contribution in [2.24, 2.45) is 0 Å². The molecule has 4 N–H and O–H groups in total. The molecule has 8 heavy (non-hydrogen) atoms. The van der Waals surface area contributed by atoms with Gasteiger partial charge in [-0.15, -0.1) is 0 Å². The van der Waals surface area contributed by atoms with Gasteiger partial charge in [0.05, 0.1) is 0 Å². The fourth-order valence-electron chi connectivity index (χ4n) is 0. The van der Waals surface area contributed by atoms with Crippen molar-refractivity contribution in [3.05, 3.63) is 14.9 Å². The van der Waals surface area contributed by atoms with E-state index < -0.39 is 0 Å². The third-order valence-electron chi connectivity index (χ3n) is 0. The fourth-order valence-corrected chi connectivity index (χ4v) is 0. The zero-order chi connectivity index (χ0) is 6.00. The van der Waals surface area contributed by atoms with Crippen molar-refractivity contribution in [2.75, 3.05) is 0 Å². The van der Waals surface area contributed by atoms with Crippen LogP contribution >= 0.6 is 0 Å². The van der Waals surface area contributed by atoms with Crippen molar-refractivity contribution in [3.8, 4) is 0 Å². The van der Waals surface area contributed by atoms with E-state index in [0.29, 0.717) is 19.8 Å². The zero-order valence-corrected chi connectivity index (χ0v) is 7.54. The Morgan fingerprint density at radius 1 is 0.750 bits per heavy atom. The van der Waals surface area contributed by atoms with Gasteiger partial charge in [0.2, 0.25) is 0 Å². The Labute approximate surface area is 59.7 Å². The van der Waals surface area contributed by atoms with Crippen LogP contribution in [0.5, 0.6) is 0 Å². The molecule has 0 fully saturated rings. The van der Waals surface area contributed by atoms with Crippen molar-refractivity contribution < 1.29 is 44.2 Å². The quantitative estimate of drug-likeness (QED) is 0.301. The van der Waals surface area contributed by atoms with Gasteiger partial charge in [-0.2, -0.15) is 0 Å². The van der Waals surface area contributed by atoms with Gasteiger partial charge in [0.15, 0.2) is 0 Å². The SMILES string of the molecule is OO.OO.[CH3-].[CH3-].[O]=[W]. The minimum absolute atomic E-state index is 0. The van der Waals surface area contributed by atoms with Crippen LogP contribution in [0.15, 0.2) is 0 Å². The molecule has 0 aliphatic carbocycles. The molecule has 0 heterocycles. The summed E-state index contributed by atoms with van der Waals surface area (Å²) in [6.07, 6.45) is 0. The normalized spacial score (nSPS) is 2.00. The van der Waals surface area contributed by atoms with Crippen LogP contribution in [0.2, 0.25) is 0 Å². The maximum atomic E-state index is 8.33. The molecule has 6 heteroatoms. The first-order valence-electron chi connectivity index (χ1n) is 0.567. The van der Waals surface area contributed by atoms with Crippen LogP contribution < -0.4 is 0 Å². The van der Waals surface area contributed by atoms with E-state index in [4.69, 9.17) is 24.4 Å². The number of rotatable bonds is 0. The Kier molecular flexibility index (Phi) is 13700. The topological polar surface area (TPSA) is 98.0 Å². The van der Waals surface area contributed by atoms with E-state index in [-0.39, 0.29) is 14.9 Å². The maximum absolute atomic E-state index is 8.33. The monoisotopic (exact) mass is 298 g/mol. The Morgan fingerprint density at radius 3 is 0.750 bits per heavy atom. The Morgan fingerprint density at radius 2 is 0.750 bits per heavy atom. The molecular weight excluding hydrogens is 288 g/mol. The van der Waals surface area contributed by atoms with Crippen LogP contribution in [0.3, 0.4) is 0 Å². The van der Waals surface area contributed by atoms with Crippen LogP contribution in [-0.4, -0.2) is 21.0 Å². The van der Waals surface area contributed by atoms with E-state index in [1.807, 2.05) is 0 Å². The summed E-state index contributed by atoms with van der Waals surface area (Å²) >= 11 is 0.333. The second kappa shape index (κ2) is 2720. The van der Waals surface area contributed by atoms with Gasteiger partial charge in [0.1, 0.15) is 0 Å². The summed E-state index contributed by atoms with van der Waals surface area (Å²) < 4.78 is 8.33. The molecule has 0 unspecified atom stereocenters. The van der Waals surface area contributed by atoms with Gasteiger partial charge in [-0.3, -0.25) is 21.0 Å². The second-order valence-electron chi connectivity index (χ2n) is 0. The van der Waals surface area contributed by atoms with Gasteiger partial charge in [-0.25, -0.2) is 0 Å². The molecule has 0 aliphatic rings. The van der Waals surface area contributed by atoms with Crippen molar-refractivity contribution >= 4 is 0 Å². The van der Waals surface area contributed by atoms with E-state index in [0.717, 1.165) is 0 Å². The predicted molar refractivity (Wildman–Crippen MR) is 24.0 cm³/mol. The first kappa shape index (κ1) is 40.4. The van der Waals surface area contributed by atoms with Crippen LogP contribution in [0.4, 0.5) is 0 Å². The molecular formula is C2H10O5W-2. The van der Waals surface area contributed by atoms with Crippen molar-refractivity contribution in [1.82, 2.24) is 0 Å². The number of hydrogen-bond donors (Lipinski definition) is 4. The summed E-state index contributed by atoms with van der Waals surface area (Å²) in [6, 6.07) is 0. The van der Waals surface area contributed by atoms with Crippen LogP contribution in [-0.2, 0) is 23.2 Å². The summed E-state index contributed by atoms with van der Waals surface area (Å²) in [6.45, 7) is 0. The molecule has 0 aliphatic heterocycles. The average molecular weight is 298 g/mol. The van der Waals surface area contributed by atoms with Gasteiger partial charge in [-0.05, 0) is 0 Å². The molecule has 0 radical (unpaired) electrons. The summed E-state index contributed by atoms with van der Waals surface area (Å²) in [5.74, 6) is 0. The summed E-state index contributed by atoms with van der Waals surface area (Å²) in [4.78, 5) is 0. The Hall–Kier alpha value is 0.328. The van der Waals surface area contributed by atoms with Gasteiger partial charge in [0.25, 0.3) is 0 Å². The van der Waals surface area contributed by atoms with Crippen LogP contribution in [0, 0.1) is 14.9 Å². The Bertz CT molecular complexity index is 10.4. The van der Waals surface area contributed by atoms with Crippen molar-refractivity contribution in [1.29, 1.82) is 0 Å². The van der Waals surface area contributed by atoms with E-state index >= 15 is 0 Å². The van der Waals surface area contributed by atoms with Crippen LogP contribution in [0.1, 0.15) is 0 Å². The third kappa shape index (κ3) is 1670. The van der Waals surface area contributed by atoms with Gasteiger partial charge >= 0.3 is 23.2 Å². The third-order valence-corrected chi connectivity index (χ3v) is 0. The van der Waals surface area contributed by atoms with Crippen LogP contribution in [0.25, 0.3) is 0 Å². The summed E-state index contributed by atoms with van der Waals surface area (Å²) in [5, 5.41) is 24.0. The minimum atomic E-state index is 0. The van der Waals surface area contributed by atoms with Gasteiger partial charge < -0.3 is 14.9 Å². The fraction of sp³-hybridized carbons (Fsp3) is 0. The predicted octanol–water partition coefficient (Wildman–Crippen LogP) is 0.814. The number of hydrogen-bond acceptors (Lipinski definition) is 5. The van der Waals surface area contributed by atoms with E-state index in [1.165, 1.54) is 0 Å². The molecule has 5 nitrogen and oxygen atoms in total. The molecule has 0 aromatic carbocycles. The van der Waals surface area contributed by atoms with Crippen molar-refractivity contribution in [2.45, 2.75) is 0 Å².